The molecule has 9 amide bonds. The molecule has 3 aromatic carbocycles. The molecule has 5 aliphatic heterocycles. The number of hydrogen-bond donors (Lipinski definition) is 5. The van der Waals surface area contributed by atoms with E-state index in [0.717, 1.165) is 15.4 Å². The predicted octanol–water partition coefficient (Wildman–Crippen LogP) is 6.04. The van der Waals surface area contributed by atoms with Crippen molar-refractivity contribution in [2.75, 3.05) is 63.9 Å². The molecule has 90 heavy (non-hydrogen) atoms. The van der Waals surface area contributed by atoms with Crippen LogP contribution in [-0.2, 0) is 44.8 Å². The number of benzene rings is 3. The van der Waals surface area contributed by atoms with Gasteiger partial charge in [0.05, 0.1) is 67.6 Å². The van der Waals surface area contributed by atoms with Gasteiger partial charge in [-0.05, 0) is 96.0 Å². The summed E-state index contributed by atoms with van der Waals surface area (Å²) in [5.41, 5.74) is 2.03. The quantitative estimate of drug-likeness (QED) is 0.0330. The van der Waals surface area contributed by atoms with Gasteiger partial charge in [-0.25, -0.2) is 9.69 Å². The Labute approximate surface area is 523 Å². The number of amides is 9. The Kier molecular flexibility index (Phi) is 21.2. The van der Waals surface area contributed by atoms with Crippen molar-refractivity contribution in [1.29, 1.82) is 0 Å². The van der Waals surface area contributed by atoms with Gasteiger partial charge in [-0.15, -0.1) is 0 Å². The van der Waals surface area contributed by atoms with Crippen LogP contribution in [-0.4, -0.2) is 175 Å². The highest BCUT2D eigenvalue weighted by Gasteiger charge is 2.47. The van der Waals surface area contributed by atoms with Gasteiger partial charge in [0.2, 0.25) is 23.6 Å². The van der Waals surface area contributed by atoms with Crippen LogP contribution in [0.4, 0.5) is 21.9 Å². The molecule has 0 aromatic heterocycles. The van der Waals surface area contributed by atoms with Crippen LogP contribution in [0.25, 0.3) is 0 Å². The number of nitrogens with zero attached hydrogens (tertiary/aromatic N) is 5. The zero-order valence-electron chi connectivity index (χ0n) is 52.4. The van der Waals surface area contributed by atoms with Gasteiger partial charge >= 0.3 is 6.09 Å². The minimum Gasteiger partial charge on any atom is -0.493 e. The molecular weight excluding hydrogens is 1160 g/mol. The number of nitrogens with one attached hydrogen (secondary N) is 4. The number of hydrogen-bond acceptors (Lipinski definition) is 17. The Morgan fingerprint density at radius 1 is 0.733 bits per heavy atom. The predicted molar refractivity (Wildman–Crippen MR) is 332 cm³/mol. The Hall–Kier alpha value is -9.10. The van der Waals surface area contributed by atoms with Crippen molar-refractivity contribution in [2.24, 2.45) is 10.9 Å². The number of aliphatic hydroxyl groups is 1. The molecule has 5 atom stereocenters. The lowest BCUT2D eigenvalue weighted by Crippen LogP contribution is -2.53. The van der Waals surface area contributed by atoms with Crippen LogP contribution in [0.5, 0.6) is 23.0 Å². The molecule has 0 aliphatic carbocycles. The summed E-state index contributed by atoms with van der Waals surface area (Å²) in [4.78, 5) is 128. The van der Waals surface area contributed by atoms with E-state index in [0.29, 0.717) is 71.8 Å². The topological polar surface area (TPSA) is 303 Å². The van der Waals surface area contributed by atoms with Gasteiger partial charge in [0.25, 0.3) is 23.6 Å². The summed E-state index contributed by atoms with van der Waals surface area (Å²) in [6.45, 7) is 21.3. The summed E-state index contributed by atoms with van der Waals surface area (Å²) >= 11 is 0. The molecule has 1 unspecified atom stereocenters. The maximum atomic E-state index is 14.3. The van der Waals surface area contributed by atoms with Gasteiger partial charge < -0.3 is 64.6 Å². The van der Waals surface area contributed by atoms with E-state index in [9.17, 15) is 48.3 Å². The maximum Gasteiger partial charge on any atom is 0.416 e. The van der Waals surface area contributed by atoms with Crippen molar-refractivity contribution in [3.63, 3.8) is 0 Å². The smallest absolute Gasteiger partial charge is 0.416 e. The molecule has 5 aliphatic rings. The largest absolute Gasteiger partial charge is 0.493 e. The van der Waals surface area contributed by atoms with E-state index in [2.05, 4.69) is 39.4 Å². The molecule has 3 aromatic rings. The molecule has 0 spiro atoms. The molecule has 2 saturated heterocycles. The molecule has 0 radical (unpaired) electrons. The molecule has 2 fully saturated rings. The standard InChI is InChI=1S/C65H81N9O16/c1-37(2)57(69-53(75)19-21-65(8,9)90-26-22-64(6,7)70-54(76)20-23-71-55(77)17-18-56(71)78)59(80)67-40(5)58(79)68-42-15-13-41(14-16-42)36-89-63(84)74-47-32-52(50(86-11)30-45(47)61(82)73-35-39(4)28-48(73)62(74)83)88-25-12-24-87-51-31-46-44(29-49(51)85-10)60(81)72-34-38(3)27-43(72)33-66-46/h13-18,29-33,37,40,43,48,57,62,83H,3-4,12,19-28,34-36H2,1-2,5-11H3,(H,67,80)(H,68,79)(H,69,75)(H,70,76)/t40?,43-,48-,57-,62-/m0/s1. The Balaban J connectivity index is 0.812. The zero-order chi connectivity index (χ0) is 65.4. The van der Waals surface area contributed by atoms with Crippen LogP contribution in [0.2, 0.25) is 0 Å². The molecule has 25 heteroatoms. The molecular formula is C65H81N9O16. The summed E-state index contributed by atoms with van der Waals surface area (Å²) < 4.78 is 35.5. The Bertz CT molecular complexity index is 3360. The molecule has 25 nitrogen and oxygen atoms in total. The number of methoxy groups -OCH3 is 2. The third-order valence-corrected chi connectivity index (χ3v) is 16.1. The summed E-state index contributed by atoms with van der Waals surface area (Å²) in [7, 11) is 2.90. The van der Waals surface area contributed by atoms with Crippen molar-refractivity contribution in [3.05, 3.63) is 102 Å². The average molecular weight is 1240 g/mol. The minimum absolute atomic E-state index is 0.0238. The van der Waals surface area contributed by atoms with E-state index in [1.165, 1.54) is 50.3 Å². The van der Waals surface area contributed by atoms with Crippen molar-refractivity contribution in [1.82, 2.24) is 30.7 Å². The van der Waals surface area contributed by atoms with Crippen molar-refractivity contribution in [2.45, 2.75) is 142 Å². The first kappa shape index (κ1) is 66.8. The fourth-order valence-corrected chi connectivity index (χ4v) is 10.9. The molecule has 0 saturated carbocycles. The normalized spacial score (nSPS) is 18.5. The van der Waals surface area contributed by atoms with E-state index < -0.39 is 77.0 Å². The monoisotopic (exact) mass is 1240 g/mol. The number of rotatable bonds is 27. The number of aliphatic imine (C=N–C) groups is 1. The van der Waals surface area contributed by atoms with E-state index in [-0.39, 0.29) is 105 Å². The lowest BCUT2D eigenvalue weighted by molar-refractivity contribution is -0.137. The molecule has 8 rings (SSSR count). The highest BCUT2D eigenvalue weighted by atomic mass is 16.6. The van der Waals surface area contributed by atoms with Gasteiger partial charge in [-0.2, -0.15) is 0 Å². The number of fused-ring (bicyclic) bond motifs is 4. The van der Waals surface area contributed by atoms with Gasteiger partial charge in [0, 0.05) is 87.2 Å². The number of carbonyl (C=O) groups is 9. The van der Waals surface area contributed by atoms with Crippen LogP contribution in [0, 0.1) is 5.92 Å². The Morgan fingerprint density at radius 2 is 1.36 bits per heavy atom. The second-order valence-electron chi connectivity index (χ2n) is 24.5. The minimum atomic E-state index is -1.56. The lowest BCUT2D eigenvalue weighted by Gasteiger charge is -2.31. The van der Waals surface area contributed by atoms with Crippen LogP contribution >= 0.6 is 0 Å². The summed E-state index contributed by atoms with van der Waals surface area (Å²) in [5, 5.41) is 23.1. The fourth-order valence-electron chi connectivity index (χ4n) is 10.9. The first-order valence-corrected chi connectivity index (χ1v) is 30.0. The summed E-state index contributed by atoms with van der Waals surface area (Å²) in [6.07, 6.45) is 3.50. The van der Waals surface area contributed by atoms with Crippen LogP contribution in [0.3, 0.4) is 0 Å². The molecule has 0 bridgehead atoms. The Morgan fingerprint density at radius 3 is 2.01 bits per heavy atom. The molecule has 5 heterocycles. The van der Waals surface area contributed by atoms with E-state index in [1.54, 1.807) is 61.4 Å². The van der Waals surface area contributed by atoms with Crippen LogP contribution < -0.4 is 45.1 Å². The lowest BCUT2D eigenvalue weighted by atomic mass is 9.98. The van der Waals surface area contributed by atoms with Crippen molar-refractivity contribution < 1.29 is 76.7 Å². The van der Waals surface area contributed by atoms with E-state index >= 15 is 0 Å². The summed E-state index contributed by atoms with van der Waals surface area (Å²) in [5.74, 6) is -2.60. The first-order valence-electron chi connectivity index (χ1n) is 30.0. The van der Waals surface area contributed by atoms with E-state index in [1.807, 2.05) is 27.7 Å². The van der Waals surface area contributed by atoms with Crippen molar-refractivity contribution >= 4 is 76.6 Å². The van der Waals surface area contributed by atoms with Gasteiger partial charge in [-0.3, -0.25) is 48.2 Å². The number of carbonyl (C=O) groups excluding carboxylic acids is 9. The molecule has 482 valence electrons. The number of ether oxygens (including phenoxy) is 6. The number of anilines is 2. The first-order chi connectivity index (χ1) is 42.7. The zero-order valence-corrected chi connectivity index (χ0v) is 52.4. The van der Waals surface area contributed by atoms with Gasteiger partial charge in [-0.1, -0.05) is 50.3 Å². The SMILES string of the molecule is C=C1C[C@H]2C=Nc3cc(OCCCOc4cc5c(cc4OC)C(=O)N4CC(=C)C[C@H]4[C@H](O)N5C(=O)OCc4ccc(NC(=O)C(C)NC(=O)[C@@H](NC(=O)CCC(C)(C)OCCC(C)(C)NC(=O)CCN5C(=O)C=CC5=O)C(C)C)cc4)c(OC)cc3C(=O)N2C1. The number of aliphatic hydroxyl groups excluding tert-OH is 1. The van der Waals surface area contributed by atoms with E-state index in [4.69, 9.17) is 28.4 Å². The van der Waals surface area contributed by atoms with Gasteiger partial charge in [0.1, 0.15) is 18.7 Å². The fraction of sp³-hybridized carbons (Fsp3) is 0.477. The van der Waals surface area contributed by atoms with Crippen LogP contribution in [0.1, 0.15) is 120 Å². The second kappa shape index (κ2) is 28.6. The van der Waals surface area contributed by atoms with Gasteiger partial charge in [0.15, 0.2) is 29.2 Å². The maximum absolute atomic E-state index is 14.3. The second-order valence-corrected chi connectivity index (χ2v) is 24.5. The van der Waals surface area contributed by atoms with Crippen LogP contribution in [0.15, 0.2) is 90.0 Å². The highest BCUT2D eigenvalue weighted by molar-refractivity contribution is 6.13. The molecule has 5 N–H and O–H groups in total. The summed E-state index contributed by atoms with van der Waals surface area (Å²) in [6, 6.07) is 9.59. The van der Waals surface area contributed by atoms with Crippen molar-refractivity contribution in [3.8, 4) is 23.0 Å². The third kappa shape index (κ3) is 16.2. The average Bonchev–Trinajstić information content (AvgIpc) is 1.59. The third-order valence-electron chi connectivity index (χ3n) is 16.1. The highest BCUT2D eigenvalue weighted by Crippen LogP contribution is 2.43. The number of imide groups is 1.